The Morgan fingerprint density at radius 2 is 0.522 bits per heavy atom. The monoisotopic (exact) mass is 594 g/mol. The van der Waals surface area contributed by atoms with Crippen LogP contribution in [-0.2, 0) is 13.2 Å². The summed E-state index contributed by atoms with van der Waals surface area (Å²) < 4.78 is 0. The van der Waals surface area contributed by atoms with Crippen molar-refractivity contribution in [3.05, 3.63) is 181 Å². The Labute approximate surface area is 270 Å². The third-order valence-corrected chi connectivity index (χ3v) is 8.54. The first-order valence-electron chi connectivity index (χ1n) is 15.6. The molecule has 0 atom stereocenters. The Morgan fingerprint density at radius 3 is 0.957 bits per heavy atom. The summed E-state index contributed by atoms with van der Waals surface area (Å²) >= 11 is 0. The van der Waals surface area contributed by atoms with Crippen molar-refractivity contribution in [3.8, 4) is 66.8 Å². The van der Waals surface area contributed by atoms with Crippen molar-refractivity contribution in [3.63, 3.8) is 0 Å². The van der Waals surface area contributed by atoms with E-state index >= 15 is 0 Å². The summed E-state index contributed by atoms with van der Waals surface area (Å²) in [5.74, 6) is 0. The molecule has 0 spiro atoms. The first kappa shape index (κ1) is 29.2. The molecular formula is C44H34O2. The molecule has 0 radical (unpaired) electrons. The fourth-order valence-electron chi connectivity index (χ4n) is 6.07. The van der Waals surface area contributed by atoms with Gasteiger partial charge < -0.3 is 10.2 Å². The van der Waals surface area contributed by atoms with Gasteiger partial charge in [0, 0.05) is 0 Å². The van der Waals surface area contributed by atoms with Gasteiger partial charge >= 0.3 is 0 Å². The summed E-state index contributed by atoms with van der Waals surface area (Å²) in [7, 11) is 0. The van der Waals surface area contributed by atoms with Gasteiger partial charge in [0.15, 0.2) is 0 Å². The molecule has 0 aromatic heterocycles. The lowest BCUT2D eigenvalue weighted by Gasteiger charge is -2.14. The normalized spacial score (nSPS) is 11.0. The Hall–Kier alpha value is -5.54. The van der Waals surface area contributed by atoms with Crippen molar-refractivity contribution in [2.75, 3.05) is 0 Å². The SMILES string of the molecule is OCc1cccc(-c2cccc(-c3cc(-c4ccc(-c5ccccc5)cc4)cc(-c4cccc(-c5cccc(CO)c5)c4)c3)c2)c1. The number of aliphatic hydroxyl groups is 2. The van der Waals surface area contributed by atoms with E-state index in [1.807, 2.05) is 42.5 Å². The minimum absolute atomic E-state index is 0.0192. The van der Waals surface area contributed by atoms with Crippen molar-refractivity contribution >= 4 is 0 Å². The van der Waals surface area contributed by atoms with E-state index in [1.165, 1.54) is 11.1 Å². The molecule has 222 valence electrons. The predicted molar refractivity (Wildman–Crippen MR) is 191 cm³/mol. The zero-order valence-electron chi connectivity index (χ0n) is 25.5. The Bertz CT molecular complexity index is 2000. The molecule has 7 aromatic carbocycles. The molecule has 0 saturated heterocycles. The zero-order valence-corrected chi connectivity index (χ0v) is 25.5. The van der Waals surface area contributed by atoms with Crippen LogP contribution < -0.4 is 0 Å². The van der Waals surface area contributed by atoms with E-state index in [9.17, 15) is 10.2 Å². The summed E-state index contributed by atoms with van der Waals surface area (Å²) in [4.78, 5) is 0. The van der Waals surface area contributed by atoms with Crippen LogP contribution in [0.2, 0.25) is 0 Å². The fraction of sp³-hybridized carbons (Fsp3) is 0.0455. The van der Waals surface area contributed by atoms with Gasteiger partial charge in [-0.3, -0.25) is 0 Å². The minimum atomic E-state index is 0.0192. The van der Waals surface area contributed by atoms with E-state index in [0.717, 1.165) is 66.8 Å². The molecule has 0 bridgehead atoms. The maximum absolute atomic E-state index is 9.71. The maximum atomic E-state index is 9.71. The standard InChI is InChI=1S/C44H34O2/c45-29-31-8-4-12-36(22-31)38-14-6-16-40(24-38)43-26-42(35-20-18-34(19-21-35)33-10-2-1-3-11-33)27-44(28-43)41-17-7-15-39(25-41)37-13-5-9-32(23-37)30-46/h1-28,45-46H,29-30H2. The Kier molecular flexibility index (Phi) is 8.38. The summed E-state index contributed by atoms with van der Waals surface area (Å²) in [5.41, 5.74) is 15.4. The molecule has 0 saturated carbocycles. The second-order valence-electron chi connectivity index (χ2n) is 11.6. The molecule has 0 heterocycles. The topological polar surface area (TPSA) is 40.5 Å². The number of hydrogen-bond acceptors (Lipinski definition) is 2. The van der Waals surface area contributed by atoms with Gasteiger partial charge in [0.1, 0.15) is 0 Å². The average Bonchev–Trinajstić information content (AvgIpc) is 3.15. The highest BCUT2D eigenvalue weighted by molar-refractivity contribution is 5.84. The molecular weight excluding hydrogens is 560 g/mol. The van der Waals surface area contributed by atoms with Crippen LogP contribution in [0.4, 0.5) is 0 Å². The van der Waals surface area contributed by atoms with E-state index in [1.54, 1.807) is 0 Å². The predicted octanol–water partition coefficient (Wildman–Crippen LogP) is 10.7. The van der Waals surface area contributed by atoms with Crippen molar-refractivity contribution < 1.29 is 10.2 Å². The highest BCUT2D eigenvalue weighted by Crippen LogP contribution is 2.36. The second-order valence-corrected chi connectivity index (χ2v) is 11.6. The second kappa shape index (κ2) is 13.2. The van der Waals surface area contributed by atoms with Crippen LogP contribution in [0.1, 0.15) is 11.1 Å². The van der Waals surface area contributed by atoms with E-state index < -0.39 is 0 Å². The summed E-state index contributed by atoms with van der Waals surface area (Å²) in [5, 5.41) is 19.4. The lowest BCUT2D eigenvalue weighted by atomic mass is 9.90. The molecule has 0 unspecified atom stereocenters. The quantitative estimate of drug-likeness (QED) is 0.184. The van der Waals surface area contributed by atoms with Crippen LogP contribution in [0.25, 0.3) is 66.8 Å². The van der Waals surface area contributed by atoms with E-state index in [-0.39, 0.29) is 13.2 Å². The van der Waals surface area contributed by atoms with Gasteiger partial charge in [-0.1, -0.05) is 127 Å². The first-order chi connectivity index (χ1) is 22.7. The molecule has 0 amide bonds. The molecule has 2 nitrogen and oxygen atoms in total. The zero-order chi connectivity index (χ0) is 31.3. The third kappa shape index (κ3) is 6.31. The lowest BCUT2D eigenvalue weighted by Crippen LogP contribution is -1.89. The number of benzene rings is 7. The van der Waals surface area contributed by atoms with Crippen LogP contribution >= 0.6 is 0 Å². The largest absolute Gasteiger partial charge is 0.392 e. The molecule has 7 rings (SSSR count). The lowest BCUT2D eigenvalue weighted by molar-refractivity contribution is 0.281. The van der Waals surface area contributed by atoms with Gasteiger partial charge in [0.05, 0.1) is 13.2 Å². The first-order valence-corrected chi connectivity index (χ1v) is 15.6. The van der Waals surface area contributed by atoms with Crippen molar-refractivity contribution in [2.45, 2.75) is 13.2 Å². The fourth-order valence-corrected chi connectivity index (χ4v) is 6.07. The van der Waals surface area contributed by atoms with Gasteiger partial charge in [-0.25, -0.2) is 0 Å². The van der Waals surface area contributed by atoms with Crippen LogP contribution in [-0.4, -0.2) is 10.2 Å². The number of hydrogen-bond donors (Lipinski definition) is 2. The van der Waals surface area contributed by atoms with Crippen molar-refractivity contribution in [1.82, 2.24) is 0 Å². The molecule has 0 aliphatic heterocycles. The summed E-state index contributed by atoms with van der Waals surface area (Å²) in [6, 6.07) is 59.5. The molecule has 46 heavy (non-hydrogen) atoms. The Balaban J connectivity index is 1.34. The Morgan fingerprint density at radius 1 is 0.239 bits per heavy atom. The summed E-state index contributed by atoms with van der Waals surface area (Å²) in [6.07, 6.45) is 0. The molecule has 2 N–H and O–H groups in total. The number of aliphatic hydroxyl groups excluding tert-OH is 2. The highest BCUT2D eigenvalue weighted by atomic mass is 16.3. The van der Waals surface area contributed by atoms with Gasteiger partial charge in [-0.15, -0.1) is 0 Å². The average molecular weight is 595 g/mol. The van der Waals surface area contributed by atoms with Crippen molar-refractivity contribution in [2.24, 2.45) is 0 Å². The van der Waals surface area contributed by atoms with Gasteiger partial charge in [-0.2, -0.15) is 0 Å². The van der Waals surface area contributed by atoms with Crippen molar-refractivity contribution in [1.29, 1.82) is 0 Å². The third-order valence-electron chi connectivity index (χ3n) is 8.54. The molecule has 0 aliphatic rings. The van der Waals surface area contributed by atoms with E-state index in [4.69, 9.17) is 0 Å². The van der Waals surface area contributed by atoms with E-state index in [0.29, 0.717) is 0 Å². The number of rotatable bonds is 8. The maximum Gasteiger partial charge on any atom is 0.0682 e. The van der Waals surface area contributed by atoms with Crippen LogP contribution in [0.5, 0.6) is 0 Å². The highest BCUT2D eigenvalue weighted by Gasteiger charge is 2.11. The molecule has 0 fully saturated rings. The van der Waals surface area contributed by atoms with Crippen LogP contribution in [0.3, 0.4) is 0 Å². The van der Waals surface area contributed by atoms with E-state index in [2.05, 4.69) is 127 Å². The van der Waals surface area contributed by atoms with Gasteiger partial charge in [0.2, 0.25) is 0 Å². The van der Waals surface area contributed by atoms with Gasteiger partial charge in [-0.05, 0) is 120 Å². The van der Waals surface area contributed by atoms with Crippen LogP contribution in [0, 0.1) is 0 Å². The molecule has 7 aromatic rings. The smallest absolute Gasteiger partial charge is 0.0682 e. The molecule has 2 heteroatoms. The van der Waals surface area contributed by atoms with Gasteiger partial charge in [0.25, 0.3) is 0 Å². The minimum Gasteiger partial charge on any atom is -0.392 e. The summed E-state index contributed by atoms with van der Waals surface area (Å²) in [6.45, 7) is 0.0384. The molecule has 0 aliphatic carbocycles. The van der Waals surface area contributed by atoms with Crippen LogP contribution in [0.15, 0.2) is 170 Å².